The standard InChI is InChI=1S/C18H18N2OS/c19-20-8-5-12(6-9-20)17-14-4-2-1-3-13(14)11-16(21)18-15(17)7-10-22-18/h1-4,7,10H,5-6,8-9,11,19H2. The number of rotatable bonds is 0. The molecule has 0 spiro atoms. The van der Waals surface area contributed by atoms with Gasteiger partial charge in [0.25, 0.3) is 0 Å². The van der Waals surface area contributed by atoms with E-state index in [4.69, 9.17) is 5.84 Å². The normalized spacial score (nSPS) is 18.9. The van der Waals surface area contributed by atoms with Crippen molar-refractivity contribution in [3.63, 3.8) is 0 Å². The lowest BCUT2D eigenvalue weighted by Crippen LogP contribution is -2.36. The summed E-state index contributed by atoms with van der Waals surface area (Å²) in [5, 5.41) is 3.92. The Labute approximate surface area is 134 Å². The van der Waals surface area contributed by atoms with Gasteiger partial charge in [-0.05, 0) is 41.0 Å². The largest absolute Gasteiger partial charge is 0.293 e. The molecule has 1 aliphatic carbocycles. The first-order valence-electron chi connectivity index (χ1n) is 7.65. The summed E-state index contributed by atoms with van der Waals surface area (Å²) in [5.41, 5.74) is 6.22. The van der Waals surface area contributed by atoms with Crippen LogP contribution in [0.5, 0.6) is 0 Å². The minimum Gasteiger partial charge on any atom is -0.293 e. The maximum Gasteiger partial charge on any atom is 0.177 e. The molecule has 22 heavy (non-hydrogen) atoms. The molecule has 1 aromatic heterocycles. The van der Waals surface area contributed by atoms with E-state index in [-0.39, 0.29) is 5.78 Å². The summed E-state index contributed by atoms with van der Waals surface area (Å²) in [4.78, 5) is 13.5. The zero-order valence-electron chi connectivity index (χ0n) is 12.3. The fourth-order valence-electron chi connectivity index (χ4n) is 3.46. The van der Waals surface area contributed by atoms with Crippen LogP contribution >= 0.6 is 11.3 Å². The average molecular weight is 310 g/mol. The molecule has 0 unspecified atom stereocenters. The fourth-order valence-corrected chi connectivity index (χ4v) is 4.30. The Hall–Kier alpha value is -1.75. The number of carbonyl (C=O) groups excluding carboxylic acids is 1. The van der Waals surface area contributed by atoms with Gasteiger partial charge in [0.2, 0.25) is 0 Å². The third-order valence-electron chi connectivity index (χ3n) is 4.58. The van der Waals surface area contributed by atoms with Gasteiger partial charge in [-0.2, -0.15) is 0 Å². The smallest absolute Gasteiger partial charge is 0.177 e. The third-order valence-corrected chi connectivity index (χ3v) is 5.54. The Morgan fingerprint density at radius 1 is 1.05 bits per heavy atom. The van der Waals surface area contributed by atoms with E-state index in [0.717, 1.165) is 41.9 Å². The summed E-state index contributed by atoms with van der Waals surface area (Å²) < 4.78 is 0. The highest BCUT2D eigenvalue weighted by Crippen LogP contribution is 2.40. The van der Waals surface area contributed by atoms with Crippen LogP contribution in [-0.4, -0.2) is 23.9 Å². The molecule has 0 radical (unpaired) electrons. The van der Waals surface area contributed by atoms with Gasteiger partial charge in [0, 0.05) is 25.1 Å². The summed E-state index contributed by atoms with van der Waals surface area (Å²) in [6.45, 7) is 1.77. The molecule has 4 rings (SSSR count). The predicted molar refractivity (Wildman–Crippen MR) is 89.8 cm³/mol. The third kappa shape index (κ3) is 2.24. The SMILES string of the molecule is NN1CCC(=C2c3ccccc3CC(=O)c3sccc32)CC1. The van der Waals surface area contributed by atoms with Crippen molar-refractivity contribution in [1.82, 2.24) is 5.01 Å². The molecule has 0 atom stereocenters. The van der Waals surface area contributed by atoms with E-state index in [1.54, 1.807) is 11.3 Å². The average Bonchev–Trinajstić information content (AvgIpc) is 2.96. The highest BCUT2D eigenvalue weighted by atomic mass is 32.1. The zero-order chi connectivity index (χ0) is 15.1. The molecule has 0 saturated carbocycles. The van der Waals surface area contributed by atoms with Crippen LogP contribution in [0.2, 0.25) is 0 Å². The molecule has 0 bridgehead atoms. The molecular formula is C18H18N2OS. The first kappa shape index (κ1) is 13.9. The molecule has 112 valence electrons. The van der Waals surface area contributed by atoms with E-state index in [1.165, 1.54) is 16.7 Å². The van der Waals surface area contributed by atoms with Crippen molar-refractivity contribution in [2.75, 3.05) is 13.1 Å². The minimum absolute atomic E-state index is 0.240. The quantitative estimate of drug-likeness (QED) is 0.760. The number of thiophene rings is 1. The van der Waals surface area contributed by atoms with Crippen molar-refractivity contribution in [3.8, 4) is 0 Å². The molecule has 2 N–H and O–H groups in total. The molecule has 2 heterocycles. The van der Waals surface area contributed by atoms with E-state index >= 15 is 0 Å². The van der Waals surface area contributed by atoms with Crippen molar-refractivity contribution in [2.24, 2.45) is 5.84 Å². The van der Waals surface area contributed by atoms with E-state index in [1.807, 2.05) is 16.5 Å². The lowest BCUT2D eigenvalue weighted by atomic mass is 9.88. The second-order valence-corrected chi connectivity index (χ2v) is 6.85. The highest BCUT2D eigenvalue weighted by molar-refractivity contribution is 7.12. The molecule has 0 amide bonds. The summed E-state index contributed by atoms with van der Waals surface area (Å²) in [6.07, 6.45) is 2.46. The number of piperidine rings is 1. The molecule has 1 aliphatic heterocycles. The summed E-state index contributed by atoms with van der Waals surface area (Å²) in [5.74, 6) is 6.15. The van der Waals surface area contributed by atoms with Gasteiger partial charge in [0.15, 0.2) is 5.78 Å². The van der Waals surface area contributed by atoms with Crippen molar-refractivity contribution in [2.45, 2.75) is 19.3 Å². The van der Waals surface area contributed by atoms with Crippen molar-refractivity contribution >= 4 is 22.7 Å². The molecule has 1 saturated heterocycles. The number of nitrogens with two attached hydrogens (primary N) is 1. The van der Waals surface area contributed by atoms with Crippen LogP contribution in [0.15, 0.2) is 41.3 Å². The lowest BCUT2D eigenvalue weighted by Gasteiger charge is -2.26. The number of benzene rings is 1. The minimum atomic E-state index is 0.240. The zero-order valence-corrected chi connectivity index (χ0v) is 13.2. The van der Waals surface area contributed by atoms with E-state index < -0.39 is 0 Å². The number of Topliss-reactive ketones (excluding diaryl/α,β-unsaturated/α-hetero) is 1. The van der Waals surface area contributed by atoms with Gasteiger partial charge in [0.05, 0.1) is 4.88 Å². The van der Waals surface area contributed by atoms with E-state index in [2.05, 4.69) is 24.3 Å². The topological polar surface area (TPSA) is 46.3 Å². The number of hydrazine groups is 1. The van der Waals surface area contributed by atoms with Gasteiger partial charge in [-0.15, -0.1) is 11.3 Å². The maximum atomic E-state index is 12.6. The summed E-state index contributed by atoms with van der Waals surface area (Å²) in [7, 11) is 0. The number of hydrogen-bond acceptors (Lipinski definition) is 4. The van der Waals surface area contributed by atoms with Crippen molar-refractivity contribution < 1.29 is 4.79 Å². The molecule has 2 aliphatic rings. The maximum absolute atomic E-state index is 12.6. The molecular weight excluding hydrogens is 292 g/mol. The van der Waals surface area contributed by atoms with Crippen molar-refractivity contribution in [3.05, 3.63) is 62.9 Å². The van der Waals surface area contributed by atoms with Gasteiger partial charge in [0.1, 0.15) is 0 Å². The van der Waals surface area contributed by atoms with Crippen LogP contribution in [-0.2, 0) is 6.42 Å². The van der Waals surface area contributed by atoms with Gasteiger partial charge in [-0.3, -0.25) is 10.6 Å². The van der Waals surface area contributed by atoms with Gasteiger partial charge in [-0.25, -0.2) is 5.01 Å². The van der Waals surface area contributed by atoms with E-state index in [9.17, 15) is 4.79 Å². The molecule has 1 aromatic carbocycles. The van der Waals surface area contributed by atoms with Crippen molar-refractivity contribution in [1.29, 1.82) is 0 Å². The summed E-state index contributed by atoms with van der Waals surface area (Å²) in [6, 6.07) is 10.4. The Balaban J connectivity index is 1.96. The lowest BCUT2D eigenvalue weighted by molar-refractivity contribution is 0.0997. The molecule has 4 heteroatoms. The Morgan fingerprint density at radius 3 is 2.64 bits per heavy atom. The number of fused-ring (bicyclic) bond motifs is 2. The van der Waals surface area contributed by atoms with Crippen LogP contribution < -0.4 is 5.84 Å². The monoisotopic (exact) mass is 310 g/mol. The van der Waals surface area contributed by atoms with Crippen LogP contribution in [0.3, 0.4) is 0 Å². The second kappa shape index (κ2) is 5.47. The van der Waals surface area contributed by atoms with Crippen LogP contribution in [0.1, 0.15) is 39.2 Å². The number of carbonyl (C=O) groups is 1. The molecule has 2 aromatic rings. The van der Waals surface area contributed by atoms with Gasteiger partial charge < -0.3 is 0 Å². The number of hydrogen-bond donors (Lipinski definition) is 1. The van der Waals surface area contributed by atoms with Gasteiger partial charge >= 0.3 is 0 Å². The first-order chi connectivity index (χ1) is 10.7. The summed E-state index contributed by atoms with van der Waals surface area (Å²) >= 11 is 1.57. The van der Waals surface area contributed by atoms with Gasteiger partial charge in [-0.1, -0.05) is 29.8 Å². The number of nitrogens with zero attached hydrogens (tertiary/aromatic N) is 1. The van der Waals surface area contributed by atoms with Crippen LogP contribution in [0.4, 0.5) is 0 Å². The Bertz CT molecular complexity index is 765. The number of ketones is 1. The molecule has 3 nitrogen and oxygen atoms in total. The Morgan fingerprint density at radius 2 is 1.82 bits per heavy atom. The second-order valence-electron chi connectivity index (χ2n) is 5.94. The first-order valence-corrected chi connectivity index (χ1v) is 8.53. The van der Waals surface area contributed by atoms with Crippen LogP contribution in [0.25, 0.3) is 5.57 Å². The van der Waals surface area contributed by atoms with Crippen LogP contribution in [0, 0.1) is 0 Å². The van der Waals surface area contributed by atoms with E-state index in [0.29, 0.717) is 6.42 Å². The highest BCUT2D eigenvalue weighted by Gasteiger charge is 2.27. The predicted octanol–water partition coefficient (Wildman–Crippen LogP) is 3.26. The molecule has 1 fully saturated rings. The fraction of sp³-hybridized carbons (Fsp3) is 0.278. The Kier molecular flexibility index (Phi) is 3.45.